The standard InChI is InChI=1S/C14H20FNO2S/c1-8(16)14(5-6-14)9-7-10(15)13(19-4)12(18-3)11(9)17-2/h7-8H,5-6,16H2,1-4H3. The fourth-order valence-electron chi connectivity index (χ4n) is 2.64. The van der Waals surface area contributed by atoms with Gasteiger partial charge in [0.05, 0.1) is 19.1 Å². The topological polar surface area (TPSA) is 44.5 Å². The van der Waals surface area contributed by atoms with Gasteiger partial charge in [-0.05, 0) is 32.1 Å². The molecule has 2 rings (SSSR count). The van der Waals surface area contributed by atoms with Crippen LogP contribution in [0.3, 0.4) is 0 Å². The second kappa shape index (κ2) is 5.21. The van der Waals surface area contributed by atoms with Crippen molar-refractivity contribution in [2.45, 2.75) is 36.1 Å². The quantitative estimate of drug-likeness (QED) is 0.845. The van der Waals surface area contributed by atoms with E-state index in [1.165, 1.54) is 18.9 Å². The van der Waals surface area contributed by atoms with Gasteiger partial charge in [0.2, 0.25) is 0 Å². The lowest BCUT2D eigenvalue weighted by molar-refractivity contribution is 0.334. The first-order valence-corrected chi connectivity index (χ1v) is 7.48. The summed E-state index contributed by atoms with van der Waals surface area (Å²) < 4.78 is 25.1. The van der Waals surface area contributed by atoms with E-state index in [0.717, 1.165) is 18.4 Å². The van der Waals surface area contributed by atoms with Crippen molar-refractivity contribution in [2.75, 3.05) is 20.5 Å². The summed E-state index contributed by atoms with van der Waals surface area (Å²) in [6.07, 6.45) is 3.74. The maximum absolute atomic E-state index is 14.2. The zero-order chi connectivity index (χ0) is 14.2. The van der Waals surface area contributed by atoms with Crippen molar-refractivity contribution in [3.05, 3.63) is 17.4 Å². The number of halogens is 1. The largest absolute Gasteiger partial charge is 0.493 e. The van der Waals surface area contributed by atoms with Gasteiger partial charge in [-0.15, -0.1) is 11.8 Å². The molecule has 3 nitrogen and oxygen atoms in total. The van der Waals surface area contributed by atoms with E-state index in [4.69, 9.17) is 15.2 Å². The monoisotopic (exact) mass is 285 g/mol. The lowest BCUT2D eigenvalue weighted by atomic mass is 9.88. The second-order valence-corrected chi connectivity index (χ2v) is 5.77. The molecule has 1 atom stereocenters. The highest BCUT2D eigenvalue weighted by molar-refractivity contribution is 7.98. The summed E-state index contributed by atoms with van der Waals surface area (Å²) in [5.41, 5.74) is 6.74. The summed E-state index contributed by atoms with van der Waals surface area (Å²) in [6, 6.07) is 1.52. The minimum atomic E-state index is -0.271. The maximum atomic E-state index is 14.2. The minimum absolute atomic E-state index is 0.0364. The third-order valence-electron chi connectivity index (χ3n) is 3.95. The molecule has 0 radical (unpaired) electrons. The van der Waals surface area contributed by atoms with Crippen LogP contribution in [-0.2, 0) is 5.41 Å². The van der Waals surface area contributed by atoms with Crippen molar-refractivity contribution in [1.82, 2.24) is 0 Å². The van der Waals surface area contributed by atoms with Gasteiger partial charge >= 0.3 is 0 Å². The summed E-state index contributed by atoms with van der Waals surface area (Å²) in [7, 11) is 3.12. The molecule has 1 saturated carbocycles. The van der Waals surface area contributed by atoms with Crippen LogP contribution in [0.5, 0.6) is 11.5 Å². The Morgan fingerprint density at radius 3 is 2.26 bits per heavy atom. The molecule has 19 heavy (non-hydrogen) atoms. The highest BCUT2D eigenvalue weighted by atomic mass is 32.2. The van der Waals surface area contributed by atoms with Crippen LogP contribution in [0.1, 0.15) is 25.3 Å². The number of benzene rings is 1. The van der Waals surface area contributed by atoms with Crippen molar-refractivity contribution >= 4 is 11.8 Å². The molecule has 1 unspecified atom stereocenters. The van der Waals surface area contributed by atoms with Crippen LogP contribution in [0.4, 0.5) is 4.39 Å². The molecule has 0 heterocycles. The van der Waals surface area contributed by atoms with Crippen LogP contribution >= 0.6 is 11.8 Å². The SMILES string of the molecule is COc1c(C2(C(C)N)CC2)cc(F)c(SC)c1OC. The lowest BCUT2D eigenvalue weighted by Gasteiger charge is -2.25. The van der Waals surface area contributed by atoms with Crippen LogP contribution in [0, 0.1) is 5.82 Å². The summed E-state index contributed by atoms with van der Waals surface area (Å²) >= 11 is 1.31. The highest BCUT2D eigenvalue weighted by Gasteiger charge is 2.50. The van der Waals surface area contributed by atoms with Gasteiger partial charge < -0.3 is 15.2 Å². The molecule has 0 spiro atoms. The molecule has 106 valence electrons. The third kappa shape index (κ3) is 2.19. The highest BCUT2D eigenvalue weighted by Crippen LogP contribution is 2.56. The van der Waals surface area contributed by atoms with E-state index < -0.39 is 0 Å². The van der Waals surface area contributed by atoms with Crippen molar-refractivity contribution in [1.29, 1.82) is 0 Å². The van der Waals surface area contributed by atoms with Gasteiger partial charge in [-0.3, -0.25) is 0 Å². The summed E-state index contributed by atoms with van der Waals surface area (Å²) in [5, 5.41) is 0. The molecule has 0 aromatic heterocycles. The maximum Gasteiger partial charge on any atom is 0.177 e. The minimum Gasteiger partial charge on any atom is -0.493 e. The number of hydrogen-bond acceptors (Lipinski definition) is 4. The average Bonchev–Trinajstić information content (AvgIpc) is 3.18. The Hall–Kier alpha value is -0.940. The normalized spacial score (nSPS) is 18.0. The molecular weight excluding hydrogens is 265 g/mol. The summed E-state index contributed by atoms with van der Waals surface area (Å²) in [4.78, 5) is 0.476. The van der Waals surface area contributed by atoms with Crippen molar-refractivity contribution in [3.63, 3.8) is 0 Å². The smallest absolute Gasteiger partial charge is 0.177 e. The zero-order valence-electron chi connectivity index (χ0n) is 11.7. The average molecular weight is 285 g/mol. The molecule has 0 amide bonds. The molecule has 0 aliphatic heterocycles. The molecule has 0 bridgehead atoms. The van der Waals surface area contributed by atoms with Crippen LogP contribution < -0.4 is 15.2 Å². The number of nitrogens with two attached hydrogens (primary N) is 1. The van der Waals surface area contributed by atoms with Gasteiger partial charge in [0.25, 0.3) is 0 Å². The molecular formula is C14H20FNO2S. The molecule has 2 N–H and O–H groups in total. The lowest BCUT2D eigenvalue weighted by Crippen LogP contribution is -2.32. The molecule has 1 aliphatic rings. The Morgan fingerprint density at radius 1 is 1.32 bits per heavy atom. The van der Waals surface area contributed by atoms with Crippen LogP contribution in [0.15, 0.2) is 11.0 Å². The van der Waals surface area contributed by atoms with E-state index in [0.29, 0.717) is 16.4 Å². The van der Waals surface area contributed by atoms with Crippen molar-refractivity contribution in [2.24, 2.45) is 5.73 Å². The third-order valence-corrected chi connectivity index (χ3v) is 4.74. The molecule has 1 aliphatic carbocycles. The van der Waals surface area contributed by atoms with Gasteiger partial charge in [-0.2, -0.15) is 0 Å². The van der Waals surface area contributed by atoms with E-state index in [1.54, 1.807) is 13.2 Å². The first-order valence-electron chi connectivity index (χ1n) is 6.26. The van der Waals surface area contributed by atoms with Crippen molar-refractivity contribution in [3.8, 4) is 11.5 Å². The van der Waals surface area contributed by atoms with Gasteiger partial charge in [0, 0.05) is 17.0 Å². The Bertz CT molecular complexity index is 487. The summed E-state index contributed by atoms with van der Waals surface area (Å²) in [6.45, 7) is 1.96. The van der Waals surface area contributed by atoms with Gasteiger partial charge in [-0.1, -0.05) is 0 Å². The Balaban J connectivity index is 2.65. The number of methoxy groups -OCH3 is 2. The molecule has 0 saturated heterocycles. The Labute approximate surface area is 117 Å². The van der Waals surface area contributed by atoms with Crippen molar-refractivity contribution < 1.29 is 13.9 Å². The number of ether oxygens (including phenoxy) is 2. The second-order valence-electron chi connectivity index (χ2n) is 4.95. The first-order chi connectivity index (χ1) is 9.01. The predicted molar refractivity (Wildman–Crippen MR) is 75.8 cm³/mol. The molecule has 5 heteroatoms. The van der Waals surface area contributed by atoms with Crippen LogP contribution in [0.25, 0.3) is 0 Å². The summed E-state index contributed by atoms with van der Waals surface area (Å²) in [5.74, 6) is 0.812. The predicted octanol–water partition coefficient (Wildman–Crippen LogP) is 2.94. The molecule has 1 aromatic carbocycles. The number of thioether (sulfide) groups is 1. The van der Waals surface area contributed by atoms with E-state index in [9.17, 15) is 4.39 Å². The zero-order valence-corrected chi connectivity index (χ0v) is 12.6. The van der Waals surface area contributed by atoms with E-state index in [2.05, 4.69) is 0 Å². The number of rotatable bonds is 5. The Morgan fingerprint density at radius 2 is 1.89 bits per heavy atom. The first kappa shape index (κ1) is 14.5. The fourth-order valence-corrected chi connectivity index (χ4v) is 3.26. The number of hydrogen-bond donors (Lipinski definition) is 1. The van der Waals surface area contributed by atoms with Crippen LogP contribution in [-0.4, -0.2) is 26.5 Å². The van der Waals surface area contributed by atoms with Gasteiger partial charge in [0.15, 0.2) is 11.5 Å². The van der Waals surface area contributed by atoms with E-state index in [-0.39, 0.29) is 17.3 Å². The molecule has 1 aromatic rings. The van der Waals surface area contributed by atoms with E-state index in [1.807, 2.05) is 13.2 Å². The fraction of sp³-hybridized carbons (Fsp3) is 0.571. The van der Waals surface area contributed by atoms with E-state index >= 15 is 0 Å². The molecule has 1 fully saturated rings. The van der Waals surface area contributed by atoms with Crippen LogP contribution in [0.2, 0.25) is 0 Å². The Kier molecular flexibility index (Phi) is 3.97. The van der Waals surface area contributed by atoms with Gasteiger partial charge in [0.1, 0.15) is 5.82 Å². The van der Waals surface area contributed by atoms with Gasteiger partial charge in [-0.25, -0.2) is 4.39 Å².